The number of likely N-dealkylation sites (N-methyl/N-ethyl adjacent to an activating group) is 1. The average Bonchev–Trinajstić information content (AvgIpc) is 2.24. The van der Waals surface area contributed by atoms with Crippen LogP contribution in [0.3, 0.4) is 0 Å². The lowest BCUT2D eigenvalue weighted by molar-refractivity contribution is 0.161. The lowest BCUT2D eigenvalue weighted by atomic mass is 10.2. The number of aryl methyl sites for hydroxylation is 1. The number of nitrogens with zero attached hydrogens (tertiary/aromatic N) is 1. The highest BCUT2D eigenvalue weighted by molar-refractivity contribution is 5.07. The predicted octanol–water partition coefficient (Wildman–Crippen LogP) is 0.391. The third-order valence-electron chi connectivity index (χ3n) is 2.40. The van der Waals surface area contributed by atoms with Crippen molar-refractivity contribution in [3.8, 4) is 0 Å². The zero-order chi connectivity index (χ0) is 11.3. The van der Waals surface area contributed by atoms with Crippen LogP contribution in [0.15, 0.2) is 23.1 Å². The summed E-state index contributed by atoms with van der Waals surface area (Å²) in [7, 11) is 3.52. The Kier molecular flexibility index (Phi) is 4.52. The van der Waals surface area contributed by atoms with E-state index in [2.05, 4.69) is 5.32 Å². The van der Waals surface area contributed by atoms with Crippen LogP contribution in [0.4, 0.5) is 0 Å². The lowest BCUT2D eigenvalue weighted by Crippen LogP contribution is -2.37. The van der Waals surface area contributed by atoms with Crippen molar-refractivity contribution < 1.29 is 4.74 Å². The van der Waals surface area contributed by atoms with E-state index in [9.17, 15) is 4.79 Å². The summed E-state index contributed by atoms with van der Waals surface area (Å²) in [6.07, 6.45) is 1.80. The molecule has 0 aromatic carbocycles. The van der Waals surface area contributed by atoms with Gasteiger partial charge in [-0.3, -0.25) is 4.79 Å². The third-order valence-corrected chi connectivity index (χ3v) is 2.40. The molecular formula is C11H18N2O2. The molecule has 15 heavy (non-hydrogen) atoms. The number of hydrogen-bond donors (Lipinski definition) is 1. The molecule has 0 spiro atoms. The highest BCUT2D eigenvalue weighted by Crippen LogP contribution is 1.93. The van der Waals surface area contributed by atoms with Crippen molar-refractivity contribution in [1.29, 1.82) is 0 Å². The Morgan fingerprint density at radius 2 is 2.33 bits per heavy atom. The smallest absolute Gasteiger partial charge is 0.253 e. The highest BCUT2D eigenvalue weighted by atomic mass is 16.5. The Morgan fingerprint density at radius 3 is 2.93 bits per heavy atom. The van der Waals surface area contributed by atoms with Crippen molar-refractivity contribution in [2.75, 3.05) is 20.8 Å². The molecule has 4 nitrogen and oxygen atoms in total. The number of nitrogens with one attached hydrogen (secondary N) is 1. The van der Waals surface area contributed by atoms with Gasteiger partial charge >= 0.3 is 0 Å². The first-order valence-electron chi connectivity index (χ1n) is 5.01. The summed E-state index contributed by atoms with van der Waals surface area (Å²) in [5.41, 5.74) is 0.832. The molecule has 0 aliphatic heterocycles. The maximum Gasteiger partial charge on any atom is 0.253 e. The quantitative estimate of drug-likeness (QED) is 0.764. The number of ether oxygens (including phenoxy) is 1. The van der Waals surface area contributed by atoms with Crippen LogP contribution in [0.5, 0.6) is 0 Å². The first-order valence-corrected chi connectivity index (χ1v) is 5.01. The molecular weight excluding hydrogens is 192 g/mol. The van der Waals surface area contributed by atoms with E-state index >= 15 is 0 Å². The van der Waals surface area contributed by atoms with E-state index in [1.807, 2.05) is 26.1 Å². The number of aromatic nitrogens is 1. The van der Waals surface area contributed by atoms with Crippen LogP contribution in [0.25, 0.3) is 0 Å². The number of pyridine rings is 1. The van der Waals surface area contributed by atoms with Crippen molar-refractivity contribution in [3.63, 3.8) is 0 Å². The minimum Gasteiger partial charge on any atom is -0.383 e. The van der Waals surface area contributed by atoms with Gasteiger partial charge in [0.1, 0.15) is 0 Å². The second-order valence-corrected chi connectivity index (χ2v) is 3.59. The molecule has 0 aliphatic carbocycles. The normalized spacial score (nSPS) is 12.7. The van der Waals surface area contributed by atoms with Gasteiger partial charge in [-0.25, -0.2) is 0 Å². The molecule has 0 saturated carbocycles. The Bertz CT molecular complexity index is 360. The summed E-state index contributed by atoms with van der Waals surface area (Å²) in [5, 5.41) is 3.11. The second-order valence-electron chi connectivity index (χ2n) is 3.59. The maximum absolute atomic E-state index is 11.7. The van der Waals surface area contributed by atoms with Gasteiger partial charge < -0.3 is 14.6 Å². The molecule has 1 N–H and O–H groups in total. The number of methoxy groups -OCH3 is 1. The van der Waals surface area contributed by atoms with Crippen LogP contribution in [0.2, 0.25) is 0 Å². The Labute approximate surface area is 89.9 Å². The molecule has 1 unspecified atom stereocenters. The summed E-state index contributed by atoms with van der Waals surface area (Å²) >= 11 is 0. The minimum absolute atomic E-state index is 0.0638. The summed E-state index contributed by atoms with van der Waals surface area (Å²) in [6.45, 7) is 3.05. The molecule has 1 aromatic heterocycles. The number of hydrogen-bond acceptors (Lipinski definition) is 3. The molecule has 0 bridgehead atoms. The zero-order valence-electron chi connectivity index (χ0n) is 9.49. The van der Waals surface area contributed by atoms with Crippen LogP contribution >= 0.6 is 0 Å². The minimum atomic E-state index is 0.0638. The molecule has 1 heterocycles. The topological polar surface area (TPSA) is 43.3 Å². The fraction of sp³-hybridized carbons (Fsp3) is 0.545. The predicted molar refractivity (Wildman–Crippen MR) is 60.2 cm³/mol. The van der Waals surface area contributed by atoms with Crippen molar-refractivity contribution >= 4 is 0 Å². The van der Waals surface area contributed by atoms with Gasteiger partial charge in [-0.05, 0) is 20.0 Å². The molecule has 0 amide bonds. The fourth-order valence-electron chi connectivity index (χ4n) is 1.47. The summed E-state index contributed by atoms with van der Waals surface area (Å²) in [5.74, 6) is 0. The van der Waals surface area contributed by atoms with E-state index in [0.717, 1.165) is 5.56 Å². The molecule has 4 heteroatoms. The van der Waals surface area contributed by atoms with Gasteiger partial charge in [-0.2, -0.15) is 0 Å². The van der Waals surface area contributed by atoms with E-state index in [1.165, 1.54) is 0 Å². The Hall–Kier alpha value is -1.13. The van der Waals surface area contributed by atoms with Crippen LogP contribution in [-0.2, 0) is 11.3 Å². The Morgan fingerprint density at radius 1 is 1.60 bits per heavy atom. The standard InChI is InChI=1S/C11H18N2O2/c1-9-5-4-6-13(11(9)14)7-10(12-2)8-15-3/h4-6,10,12H,7-8H2,1-3H3. The molecule has 0 saturated heterocycles. The third kappa shape index (κ3) is 3.18. The van der Waals surface area contributed by atoms with Gasteiger partial charge in [0, 0.05) is 31.5 Å². The van der Waals surface area contributed by atoms with E-state index in [1.54, 1.807) is 17.9 Å². The first-order chi connectivity index (χ1) is 7.19. The summed E-state index contributed by atoms with van der Waals surface area (Å²) in [4.78, 5) is 11.7. The largest absolute Gasteiger partial charge is 0.383 e. The highest BCUT2D eigenvalue weighted by Gasteiger charge is 2.07. The first kappa shape index (κ1) is 11.9. The SMILES string of the molecule is CNC(COC)Cn1cccc(C)c1=O. The molecule has 1 atom stereocenters. The zero-order valence-corrected chi connectivity index (χ0v) is 9.49. The van der Waals surface area contributed by atoms with Gasteiger partial charge in [0.05, 0.1) is 6.61 Å². The van der Waals surface area contributed by atoms with Crippen LogP contribution in [0, 0.1) is 6.92 Å². The van der Waals surface area contributed by atoms with E-state index in [0.29, 0.717) is 13.2 Å². The fourth-order valence-corrected chi connectivity index (χ4v) is 1.47. The summed E-state index contributed by atoms with van der Waals surface area (Å²) in [6, 6.07) is 3.87. The van der Waals surface area contributed by atoms with Crippen molar-refractivity contribution in [2.24, 2.45) is 0 Å². The van der Waals surface area contributed by atoms with Crippen molar-refractivity contribution in [3.05, 3.63) is 34.2 Å². The average molecular weight is 210 g/mol. The van der Waals surface area contributed by atoms with Crippen LogP contribution in [0.1, 0.15) is 5.56 Å². The molecule has 1 aromatic rings. The van der Waals surface area contributed by atoms with Gasteiger partial charge in [0.2, 0.25) is 0 Å². The van der Waals surface area contributed by atoms with Crippen molar-refractivity contribution in [2.45, 2.75) is 19.5 Å². The van der Waals surface area contributed by atoms with Gasteiger partial charge in [-0.15, -0.1) is 0 Å². The second kappa shape index (κ2) is 5.68. The van der Waals surface area contributed by atoms with Gasteiger partial charge in [0.15, 0.2) is 0 Å². The molecule has 0 aliphatic rings. The molecule has 0 fully saturated rings. The van der Waals surface area contributed by atoms with E-state index in [-0.39, 0.29) is 11.6 Å². The molecule has 1 rings (SSSR count). The van der Waals surface area contributed by atoms with E-state index < -0.39 is 0 Å². The maximum atomic E-state index is 11.7. The molecule has 0 radical (unpaired) electrons. The molecule has 84 valence electrons. The monoisotopic (exact) mass is 210 g/mol. The van der Waals surface area contributed by atoms with Gasteiger partial charge in [-0.1, -0.05) is 6.07 Å². The van der Waals surface area contributed by atoms with Gasteiger partial charge in [0.25, 0.3) is 5.56 Å². The van der Waals surface area contributed by atoms with E-state index in [4.69, 9.17) is 4.74 Å². The Balaban J connectivity index is 2.79. The number of rotatable bonds is 5. The van der Waals surface area contributed by atoms with Crippen LogP contribution in [-0.4, -0.2) is 31.4 Å². The van der Waals surface area contributed by atoms with Crippen molar-refractivity contribution in [1.82, 2.24) is 9.88 Å². The van der Waals surface area contributed by atoms with Crippen LogP contribution < -0.4 is 10.9 Å². The summed E-state index contributed by atoms with van der Waals surface area (Å²) < 4.78 is 6.76. The lowest BCUT2D eigenvalue weighted by Gasteiger charge is -2.16.